The molecule has 2 aromatic carbocycles. The maximum Gasteiger partial charge on any atom is 0.334 e. The topological polar surface area (TPSA) is 61.5 Å². The molecule has 0 fully saturated rings. The molecule has 2 aromatic rings. The summed E-state index contributed by atoms with van der Waals surface area (Å²) >= 11 is 0. The van der Waals surface area contributed by atoms with E-state index in [2.05, 4.69) is 0 Å². The van der Waals surface area contributed by atoms with Crippen molar-refractivity contribution in [1.82, 2.24) is 0 Å². The number of hydrogen-bond acceptors (Lipinski definition) is 4. The van der Waals surface area contributed by atoms with Gasteiger partial charge in [-0.15, -0.1) is 0 Å². The maximum absolute atomic E-state index is 12.9. The minimum Gasteiger partial charge on any atom is -0.491 e. The Balaban J connectivity index is 2.21. The summed E-state index contributed by atoms with van der Waals surface area (Å²) in [6.45, 7) is -0.116. The number of ether oxygens (including phenoxy) is 2. The summed E-state index contributed by atoms with van der Waals surface area (Å²) in [6, 6.07) is 14.3. The normalized spacial score (nSPS) is 13.3. The van der Waals surface area contributed by atoms with Crippen LogP contribution in [0.3, 0.4) is 0 Å². The minimum absolute atomic E-state index is 0.116. The molecule has 0 radical (unpaired) electrons. The van der Waals surface area contributed by atoms with Gasteiger partial charge in [0.2, 0.25) is 0 Å². The predicted octanol–water partition coefficient (Wildman–Crippen LogP) is 2.23. The van der Waals surface area contributed by atoms with Crippen molar-refractivity contribution in [2.75, 3.05) is 13.7 Å². The second-order valence-corrected chi connectivity index (χ2v) is 4.57. The Kier molecular flexibility index (Phi) is 4.55. The maximum atomic E-state index is 12.9. The van der Waals surface area contributed by atoms with Gasteiger partial charge in [0.15, 0.2) is 5.54 Å². The third-order valence-corrected chi connectivity index (χ3v) is 3.12. The number of methoxy groups -OCH3 is 1. The Hall–Kier alpha value is -2.40. The van der Waals surface area contributed by atoms with Crippen molar-refractivity contribution in [3.05, 3.63) is 66.0 Å². The molecule has 0 aliphatic rings. The summed E-state index contributed by atoms with van der Waals surface area (Å²) in [6.07, 6.45) is 0. The van der Waals surface area contributed by atoms with Crippen molar-refractivity contribution < 1.29 is 18.7 Å². The highest BCUT2D eigenvalue weighted by molar-refractivity contribution is 5.82. The fourth-order valence-electron chi connectivity index (χ4n) is 1.91. The van der Waals surface area contributed by atoms with E-state index in [0.717, 1.165) is 0 Å². The van der Waals surface area contributed by atoms with Crippen LogP contribution in [0.1, 0.15) is 5.56 Å². The van der Waals surface area contributed by atoms with Crippen LogP contribution in [0.2, 0.25) is 0 Å². The van der Waals surface area contributed by atoms with E-state index in [0.29, 0.717) is 11.3 Å². The average molecular weight is 289 g/mol. The van der Waals surface area contributed by atoms with E-state index < -0.39 is 11.5 Å². The van der Waals surface area contributed by atoms with Crippen LogP contribution in [0.5, 0.6) is 5.75 Å². The van der Waals surface area contributed by atoms with Gasteiger partial charge in [-0.25, -0.2) is 9.18 Å². The minimum atomic E-state index is -1.43. The lowest BCUT2D eigenvalue weighted by Crippen LogP contribution is -2.50. The molecule has 0 saturated carbocycles. The van der Waals surface area contributed by atoms with Crippen LogP contribution in [0, 0.1) is 5.82 Å². The van der Waals surface area contributed by atoms with Crippen LogP contribution >= 0.6 is 0 Å². The lowest BCUT2D eigenvalue weighted by molar-refractivity contribution is -0.148. The molecule has 2 rings (SSSR count). The third-order valence-electron chi connectivity index (χ3n) is 3.12. The quantitative estimate of drug-likeness (QED) is 0.857. The van der Waals surface area contributed by atoms with E-state index >= 15 is 0 Å². The van der Waals surface area contributed by atoms with Gasteiger partial charge in [-0.3, -0.25) is 0 Å². The summed E-state index contributed by atoms with van der Waals surface area (Å²) in [7, 11) is 1.27. The fourth-order valence-corrected chi connectivity index (χ4v) is 1.91. The van der Waals surface area contributed by atoms with Gasteiger partial charge in [0.25, 0.3) is 0 Å². The van der Waals surface area contributed by atoms with Crippen molar-refractivity contribution >= 4 is 5.97 Å². The zero-order valence-electron chi connectivity index (χ0n) is 11.6. The summed E-state index contributed by atoms with van der Waals surface area (Å²) in [5, 5.41) is 0. The highest BCUT2D eigenvalue weighted by Gasteiger charge is 2.38. The Labute approximate surface area is 122 Å². The zero-order valence-corrected chi connectivity index (χ0v) is 11.6. The fraction of sp³-hybridized carbons (Fsp3) is 0.188. The first-order valence-electron chi connectivity index (χ1n) is 6.37. The van der Waals surface area contributed by atoms with Crippen molar-refractivity contribution in [3.8, 4) is 5.75 Å². The van der Waals surface area contributed by atoms with Crippen molar-refractivity contribution in [2.45, 2.75) is 5.54 Å². The number of carbonyl (C=O) groups excluding carboxylic acids is 1. The molecule has 1 atom stereocenters. The Bertz CT molecular complexity index is 601. The highest BCUT2D eigenvalue weighted by atomic mass is 19.1. The van der Waals surface area contributed by atoms with Crippen molar-refractivity contribution in [2.24, 2.45) is 5.73 Å². The number of rotatable bonds is 5. The van der Waals surface area contributed by atoms with E-state index in [1.165, 1.54) is 31.4 Å². The van der Waals surface area contributed by atoms with Gasteiger partial charge in [0.1, 0.15) is 18.2 Å². The third kappa shape index (κ3) is 3.38. The SMILES string of the molecule is COC(=O)C(N)(COc1ccc(F)cc1)c1ccccc1. The Morgan fingerprint density at radius 3 is 2.33 bits per heavy atom. The first-order valence-corrected chi connectivity index (χ1v) is 6.37. The largest absolute Gasteiger partial charge is 0.491 e. The van der Waals surface area contributed by atoms with Gasteiger partial charge in [0, 0.05) is 0 Å². The molecule has 0 spiro atoms. The molecule has 2 N–H and O–H groups in total. The van der Waals surface area contributed by atoms with E-state index in [1.54, 1.807) is 24.3 Å². The number of esters is 1. The molecule has 0 bridgehead atoms. The van der Waals surface area contributed by atoms with E-state index in [-0.39, 0.29) is 12.4 Å². The van der Waals surface area contributed by atoms with Crippen LogP contribution in [-0.2, 0) is 15.1 Å². The molecule has 5 heteroatoms. The van der Waals surface area contributed by atoms with Crippen LogP contribution in [0.4, 0.5) is 4.39 Å². The van der Waals surface area contributed by atoms with E-state index in [4.69, 9.17) is 15.2 Å². The monoisotopic (exact) mass is 289 g/mol. The van der Waals surface area contributed by atoms with Gasteiger partial charge in [-0.2, -0.15) is 0 Å². The molecule has 21 heavy (non-hydrogen) atoms. The number of halogens is 1. The number of nitrogens with two attached hydrogens (primary N) is 1. The molecule has 110 valence electrons. The molecule has 0 heterocycles. The van der Waals surface area contributed by atoms with Gasteiger partial charge >= 0.3 is 5.97 Å². The number of hydrogen-bond donors (Lipinski definition) is 1. The molecule has 0 saturated heterocycles. The van der Waals surface area contributed by atoms with E-state index in [9.17, 15) is 9.18 Å². The molecule has 0 aliphatic carbocycles. The van der Waals surface area contributed by atoms with Crippen LogP contribution in [0.15, 0.2) is 54.6 Å². The predicted molar refractivity (Wildman–Crippen MR) is 76.2 cm³/mol. The van der Waals surface area contributed by atoms with Gasteiger partial charge in [-0.1, -0.05) is 30.3 Å². The lowest BCUT2D eigenvalue weighted by atomic mass is 9.92. The van der Waals surface area contributed by atoms with Crippen molar-refractivity contribution in [3.63, 3.8) is 0 Å². The Morgan fingerprint density at radius 2 is 1.76 bits per heavy atom. The van der Waals surface area contributed by atoms with Gasteiger partial charge in [0.05, 0.1) is 7.11 Å². The second-order valence-electron chi connectivity index (χ2n) is 4.57. The van der Waals surface area contributed by atoms with Crippen molar-refractivity contribution in [1.29, 1.82) is 0 Å². The molecular formula is C16H16FNO3. The summed E-state index contributed by atoms with van der Waals surface area (Å²) in [5.41, 5.74) is 5.33. The van der Waals surface area contributed by atoms with Gasteiger partial charge in [-0.05, 0) is 29.8 Å². The van der Waals surface area contributed by atoms with Gasteiger partial charge < -0.3 is 15.2 Å². The molecule has 0 amide bonds. The van der Waals surface area contributed by atoms with E-state index in [1.807, 2.05) is 6.07 Å². The molecule has 4 nitrogen and oxygen atoms in total. The molecule has 1 unspecified atom stereocenters. The second kappa shape index (κ2) is 6.37. The first-order chi connectivity index (χ1) is 10.1. The summed E-state index contributed by atoms with van der Waals surface area (Å²) < 4.78 is 23.1. The number of carbonyl (C=O) groups is 1. The smallest absolute Gasteiger partial charge is 0.334 e. The molecule has 0 aromatic heterocycles. The number of benzene rings is 2. The van der Waals surface area contributed by atoms with Crippen LogP contribution in [0.25, 0.3) is 0 Å². The van der Waals surface area contributed by atoms with Crippen LogP contribution in [-0.4, -0.2) is 19.7 Å². The van der Waals surface area contributed by atoms with Crippen LogP contribution < -0.4 is 10.5 Å². The summed E-state index contributed by atoms with van der Waals surface area (Å²) in [4.78, 5) is 12.0. The standard InChI is InChI=1S/C16H16FNO3/c1-20-15(19)16(18,12-5-3-2-4-6-12)11-21-14-9-7-13(17)8-10-14/h2-10H,11,18H2,1H3. The summed E-state index contributed by atoms with van der Waals surface area (Å²) in [5.74, 6) is -0.542. The lowest BCUT2D eigenvalue weighted by Gasteiger charge is -2.27. The average Bonchev–Trinajstić information content (AvgIpc) is 2.54. The molecular weight excluding hydrogens is 273 g/mol. The molecule has 0 aliphatic heterocycles. The highest BCUT2D eigenvalue weighted by Crippen LogP contribution is 2.22. The first kappa shape index (κ1) is 15.0. The zero-order chi connectivity index (χ0) is 15.3. The Morgan fingerprint density at radius 1 is 1.14 bits per heavy atom.